The molecule has 2 aromatic rings. The lowest BCUT2D eigenvalue weighted by molar-refractivity contribution is 0.0919. The highest BCUT2D eigenvalue weighted by molar-refractivity contribution is 6.01. The fourth-order valence-electron chi connectivity index (χ4n) is 2.31. The molecule has 0 unspecified atom stereocenters. The van der Waals surface area contributed by atoms with Crippen LogP contribution < -0.4 is 0 Å². The lowest BCUT2D eigenvalue weighted by Gasteiger charge is -2.04. The summed E-state index contributed by atoms with van der Waals surface area (Å²) >= 11 is 0. The summed E-state index contributed by atoms with van der Waals surface area (Å²) in [6, 6.07) is 18.5. The van der Waals surface area contributed by atoms with Crippen molar-refractivity contribution in [2.75, 3.05) is 6.54 Å². The Balaban J connectivity index is 1.72. The Labute approximate surface area is 122 Å². The van der Waals surface area contributed by atoms with Gasteiger partial charge < -0.3 is 4.84 Å². The lowest BCUT2D eigenvalue weighted by atomic mass is 10.0. The van der Waals surface area contributed by atoms with Crippen molar-refractivity contribution in [3.05, 3.63) is 70.6 Å². The van der Waals surface area contributed by atoms with Crippen LogP contribution in [0.3, 0.4) is 0 Å². The van der Waals surface area contributed by atoms with Crippen LogP contribution in [0.15, 0.2) is 64.9 Å². The average molecular weight is 278 g/mol. The Morgan fingerprint density at radius 3 is 2.43 bits per heavy atom. The summed E-state index contributed by atoms with van der Waals surface area (Å²) in [7, 11) is 0. The van der Waals surface area contributed by atoms with Crippen LogP contribution in [0, 0.1) is 0 Å². The summed E-state index contributed by atoms with van der Waals surface area (Å²) in [5.74, 6) is 0. The van der Waals surface area contributed by atoms with Gasteiger partial charge in [-0.05, 0) is 22.2 Å². The summed E-state index contributed by atoms with van der Waals surface area (Å²) in [6.07, 6.45) is 0.522. The van der Waals surface area contributed by atoms with Crippen LogP contribution in [-0.2, 0) is 4.84 Å². The van der Waals surface area contributed by atoms with Crippen molar-refractivity contribution in [1.29, 1.82) is 0 Å². The first-order valence-electron chi connectivity index (χ1n) is 6.76. The van der Waals surface area contributed by atoms with Gasteiger partial charge in [0.1, 0.15) is 6.10 Å². The van der Waals surface area contributed by atoms with E-state index < -0.39 is 0 Å². The van der Waals surface area contributed by atoms with Crippen LogP contribution in [0.5, 0.6) is 0 Å². The van der Waals surface area contributed by atoms with Gasteiger partial charge in [-0.1, -0.05) is 64.9 Å². The molecule has 0 aliphatic carbocycles. The Kier molecular flexibility index (Phi) is 3.85. The third-order valence-corrected chi connectivity index (χ3v) is 3.41. The van der Waals surface area contributed by atoms with Gasteiger partial charge in [-0.15, -0.1) is 0 Å². The maximum Gasteiger partial charge on any atom is 0.138 e. The SMILES string of the molecule is [N-]=[N+]=NC[C@H]1CC(c2ccc(-c3ccccc3)cc2)=NO1. The van der Waals surface area contributed by atoms with Gasteiger partial charge in [0, 0.05) is 11.3 Å². The van der Waals surface area contributed by atoms with E-state index in [1.165, 1.54) is 11.1 Å². The smallest absolute Gasteiger partial charge is 0.138 e. The molecule has 3 rings (SSSR count). The van der Waals surface area contributed by atoms with Gasteiger partial charge in [-0.25, -0.2) is 0 Å². The summed E-state index contributed by atoms with van der Waals surface area (Å²) < 4.78 is 0. The first-order valence-corrected chi connectivity index (χ1v) is 6.76. The Morgan fingerprint density at radius 1 is 1.05 bits per heavy atom. The molecule has 0 aromatic heterocycles. The van der Waals surface area contributed by atoms with Gasteiger partial charge in [0.25, 0.3) is 0 Å². The molecule has 1 aliphatic rings. The molecule has 5 nitrogen and oxygen atoms in total. The summed E-state index contributed by atoms with van der Waals surface area (Å²) in [4.78, 5) is 8.00. The number of benzene rings is 2. The maximum absolute atomic E-state index is 8.31. The minimum Gasteiger partial charge on any atom is -0.392 e. The van der Waals surface area contributed by atoms with E-state index in [1.54, 1.807) is 0 Å². The van der Waals surface area contributed by atoms with Crippen LogP contribution in [0.1, 0.15) is 12.0 Å². The third kappa shape index (κ3) is 3.04. The van der Waals surface area contributed by atoms with E-state index in [9.17, 15) is 0 Å². The topological polar surface area (TPSA) is 70.4 Å². The number of hydrogen-bond acceptors (Lipinski definition) is 3. The van der Waals surface area contributed by atoms with E-state index in [0.29, 0.717) is 13.0 Å². The Hall–Kier alpha value is -2.78. The third-order valence-electron chi connectivity index (χ3n) is 3.41. The number of oxime groups is 1. The fraction of sp³-hybridized carbons (Fsp3) is 0.188. The zero-order chi connectivity index (χ0) is 14.5. The molecule has 1 heterocycles. The molecule has 104 valence electrons. The molecule has 1 aliphatic heterocycles. The molecule has 0 saturated heterocycles. The maximum atomic E-state index is 8.31. The van der Waals surface area contributed by atoms with Crippen molar-refractivity contribution in [1.82, 2.24) is 0 Å². The van der Waals surface area contributed by atoms with Gasteiger partial charge in [0.15, 0.2) is 0 Å². The number of hydrogen-bond donors (Lipinski definition) is 0. The van der Waals surface area contributed by atoms with Crippen molar-refractivity contribution in [2.45, 2.75) is 12.5 Å². The largest absolute Gasteiger partial charge is 0.392 e. The first kappa shape index (κ1) is 13.2. The van der Waals surface area contributed by atoms with Gasteiger partial charge in [-0.2, -0.15) is 0 Å². The van der Waals surface area contributed by atoms with E-state index >= 15 is 0 Å². The quantitative estimate of drug-likeness (QED) is 0.470. The molecule has 0 saturated carbocycles. The van der Waals surface area contributed by atoms with Crippen molar-refractivity contribution in [3.8, 4) is 11.1 Å². The summed E-state index contributed by atoms with van der Waals surface area (Å²) in [5.41, 5.74) is 12.6. The average Bonchev–Trinajstić information content (AvgIpc) is 3.03. The molecule has 0 spiro atoms. The Morgan fingerprint density at radius 2 is 1.71 bits per heavy atom. The number of azide groups is 1. The van der Waals surface area contributed by atoms with Crippen LogP contribution in [0.25, 0.3) is 21.6 Å². The lowest BCUT2D eigenvalue weighted by Crippen LogP contribution is -2.11. The molecule has 0 N–H and O–H groups in total. The standard InChI is InChI=1S/C16H14N4O/c17-20-18-11-15-10-16(19-21-15)14-8-6-13(7-9-14)12-4-2-1-3-5-12/h1-9,15H,10-11H2/t15-/m1/s1. The molecule has 1 atom stereocenters. The zero-order valence-electron chi connectivity index (χ0n) is 11.4. The van der Waals surface area contributed by atoms with Crippen molar-refractivity contribution in [3.63, 3.8) is 0 Å². The first-order chi connectivity index (χ1) is 10.4. The second-order valence-electron chi connectivity index (χ2n) is 4.83. The van der Waals surface area contributed by atoms with Crippen LogP contribution in [0.2, 0.25) is 0 Å². The molecule has 0 fully saturated rings. The molecule has 5 heteroatoms. The predicted octanol–water partition coefficient (Wildman–Crippen LogP) is 4.16. The summed E-state index contributed by atoms with van der Waals surface area (Å²) in [6.45, 7) is 0.311. The zero-order valence-corrected chi connectivity index (χ0v) is 11.4. The van der Waals surface area contributed by atoms with Gasteiger partial charge in [0.2, 0.25) is 0 Å². The van der Waals surface area contributed by atoms with E-state index in [2.05, 4.69) is 39.4 Å². The molecule has 21 heavy (non-hydrogen) atoms. The van der Waals surface area contributed by atoms with Crippen LogP contribution in [0.4, 0.5) is 0 Å². The van der Waals surface area contributed by atoms with Crippen molar-refractivity contribution >= 4 is 5.71 Å². The van der Waals surface area contributed by atoms with Crippen molar-refractivity contribution < 1.29 is 4.84 Å². The highest BCUT2D eigenvalue weighted by Gasteiger charge is 2.21. The molecular weight excluding hydrogens is 264 g/mol. The van der Waals surface area contributed by atoms with E-state index in [1.807, 2.05) is 30.3 Å². The normalized spacial score (nSPS) is 16.8. The number of rotatable bonds is 4. The fourth-order valence-corrected chi connectivity index (χ4v) is 2.31. The molecule has 0 bridgehead atoms. The van der Waals surface area contributed by atoms with Crippen LogP contribution in [-0.4, -0.2) is 18.4 Å². The Bertz CT molecular complexity index is 688. The molecule has 2 aromatic carbocycles. The van der Waals surface area contributed by atoms with Gasteiger partial charge in [-0.3, -0.25) is 0 Å². The second kappa shape index (κ2) is 6.11. The second-order valence-corrected chi connectivity index (χ2v) is 4.83. The molecular formula is C16H14N4O. The minimum atomic E-state index is -0.148. The molecule has 0 amide bonds. The van der Waals surface area contributed by atoms with E-state index in [4.69, 9.17) is 10.4 Å². The predicted molar refractivity (Wildman–Crippen MR) is 81.9 cm³/mol. The highest BCUT2D eigenvalue weighted by Crippen LogP contribution is 2.22. The van der Waals surface area contributed by atoms with E-state index in [0.717, 1.165) is 11.3 Å². The number of nitrogens with zero attached hydrogens (tertiary/aromatic N) is 4. The van der Waals surface area contributed by atoms with E-state index in [-0.39, 0.29) is 6.10 Å². The molecule has 0 radical (unpaired) electrons. The van der Waals surface area contributed by atoms with Gasteiger partial charge in [0.05, 0.1) is 12.3 Å². The van der Waals surface area contributed by atoms with Crippen LogP contribution >= 0.6 is 0 Å². The van der Waals surface area contributed by atoms with Gasteiger partial charge >= 0.3 is 0 Å². The monoisotopic (exact) mass is 278 g/mol. The minimum absolute atomic E-state index is 0.148. The summed E-state index contributed by atoms with van der Waals surface area (Å²) in [5, 5.41) is 7.59. The van der Waals surface area contributed by atoms with Crippen molar-refractivity contribution in [2.24, 2.45) is 10.3 Å². The highest BCUT2D eigenvalue weighted by atomic mass is 16.6.